The first kappa shape index (κ1) is 61.8. The second-order valence-corrected chi connectivity index (χ2v) is 30.4. The van der Waals surface area contributed by atoms with Gasteiger partial charge in [-0.15, -0.1) is 0 Å². The van der Waals surface area contributed by atoms with Gasteiger partial charge in [0.15, 0.2) is 0 Å². The van der Waals surface area contributed by atoms with Crippen molar-refractivity contribution in [2.45, 2.75) is 298 Å². The summed E-state index contributed by atoms with van der Waals surface area (Å²) < 4.78 is 0. The first-order chi connectivity index (χ1) is 28.3. The molecular weight excluding hydrogens is 772 g/mol. The van der Waals surface area contributed by atoms with E-state index in [4.69, 9.17) is 0 Å². The number of unbranched alkanes of at least 4 members (excludes halogenated alkanes) is 20. The summed E-state index contributed by atoms with van der Waals surface area (Å²) in [6, 6.07) is 0. The second kappa shape index (κ2) is 45.3. The standard InChI is InChI=1S/C29H62P2.C25H54P2/c1-7-13-17-21-25-30(26-22-18-14-8-2)29(11-5,12-6)31(27-23-19-15-9-3)28-24-20-16-10-4;1-7-13-17-21-26(22-18-14-8-2)25(11-5,12-6)27(23-19-15-9-3)24-20-16-10-4/h7-28H2,1-6H3;7-24H2,1-6H3. The van der Waals surface area contributed by atoms with Crippen molar-refractivity contribution in [3.63, 3.8) is 0 Å². The van der Waals surface area contributed by atoms with Crippen molar-refractivity contribution in [1.29, 1.82) is 0 Å². The molecule has 0 radical (unpaired) electrons. The van der Waals surface area contributed by atoms with Crippen LogP contribution in [0.4, 0.5) is 0 Å². The van der Waals surface area contributed by atoms with Gasteiger partial charge in [-0.25, -0.2) is 0 Å². The van der Waals surface area contributed by atoms with E-state index < -0.39 is 0 Å². The highest BCUT2D eigenvalue weighted by Crippen LogP contribution is 2.72. The van der Waals surface area contributed by atoms with Crippen molar-refractivity contribution in [3.05, 3.63) is 0 Å². The molecule has 58 heavy (non-hydrogen) atoms. The lowest BCUT2D eigenvalue weighted by Crippen LogP contribution is -2.28. The fraction of sp³-hybridized carbons (Fsp3) is 1.00. The summed E-state index contributed by atoms with van der Waals surface area (Å²) in [7, 11) is 0.830. The monoisotopic (exact) mass is 889 g/mol. The van der Waals surface area contributed by atoms with Gasteiger partial charge in [0.2, 0.25) is 0 Å². The Bertz CT molecular complexity index is 677. The number of hydrogen-bond donors (Lipinski definition) is 0. The fourth-order valence-corrected chi connectivity index (χ4v) is 28.2. The molecule has 0 aromatic heterocycles. The summed E-state index contributed by atoms with van der Waals surface area (Å²) in [4.78, 5) is 1.48. The molecule has 0 N–H and O–H groups in total. The lowest BCUT2D eigenvalue weighted by atomic mass is 10.2. The van der Waals surface area contributed by atoms with Gasteiger partial charge in [0, 0.05) is 9.79 Å². The van der Waals surface area contributed by atoms with E-state index in [0.29, 0.717) is 0 Å². The first-order valence-electron chi connectivity index (χ1n) is 27.3. The molecule has 0 aromatic rings. The van der Waals surface area contributed by atoms with Gasteiger partial charge in [0.1, 0.15) is 0 Å². The second-order valence-electron chi connectivity index (χ2n) is 18.4. The molecule has 0 aliphatic heterocycles. The van der Waals surface area contributed by atoms with E-state index >= 15 is 0 Å². The topological polar surface area (TPSA) is 0 Å². The molecule has 0 aromatic carbocycles. The SMILES string of the molecule is CCCCCCP(CCCCCC)C(CC)(CC)P(CCCCCC)CCCCCC.CCCCCP(CCCCC)C(CC)(CC)P(CCCCC)CCCCC. The quantitative estimate of drug-likeness (QED) is 0.0422. The van der Waals surface area contributed by atoms with Crippen LogP contribution in [0.15, 0.2) is 0 Å². The van der Waals surface area contributed by atoms with Crippen LogP contribution in [0, 0.1) is 0 Å². The largest absolute Gasteiger partial charge is 0.0959 e. The smallest absolute Gasteiger partial charge is 0.0101 e. The average molecular weight is 889 g/mol. The van der Waals surface area contributed by atoms with Gasteiger partial charge in [-0.2, -0.15) is 0 Å². The third kappa shape index (κ3) is 27.8. The lowest BCUT2D eigenvalue weighted by molar-refractivity contribution is 0.658. The normalized spacial score (nSPS) is 12.4. The summed E-state index contributed by atoms with van der Waals surface area (Å²) in [6.07, 6.45) is 59.3. The highest BCUT2D eigenvalue weighted by molar-refractivity contribution is 7.78. The lowest BCUT2D eigenvalue weighted by Gasteiger charge is -2.47. The van der Waals surface area contributed by atoms with E-state index in [1.54, 1.807) is 49.3 Å². The van der Waals surface area contributed by atoms with Crippen LogP contribution in [-0.2, 0) is 0 Å². The molecule has 0 heterocycles. The maximum absolute atomic E-state index is 2.59. The molecule has 0 aliphatic carbocycles. The molecule has 0 aliphatic rings. The summed E-state index contributed by atoms with van der Waals surface area (Å²) in [5, 5.41) is 0. The Morgan fingerprint density at radius 1 is 0.190 bits per heavy atom. The van der Waals surface area contributed by atoms with E-state index in [1.807, 2.05) is 0 Å². The Balaban J connectivity index is 0. The number of rotatable bonds is 44. The molecule has 0 saturated heterocycles. The van der Waals surface area contributed by atoms with Gasteiger partial charge >= 0.3 is 0 Å². The summed E-state index contributed by atoms with van der Waals surface area (Å²) in [5.41, 5.74) is 0. The molecule has 0 rings (SSSR count). The summed E-state index contributed by atoms with van der Waals surface area (Å²) in [5.74, 6) is 0. The molecule has 0 amide bonds. The van der Waals surface area contributed by atoms with Crippen LogP contribution in [0.2, 0.25) is 0 Å². The van der Waals surface area contributed by atoms with Crippen LogP contribution in [0.25, 0.3) is 0 Å². The van der Waals surface area contributed by atoms with Crippen molar-refractivity contribution in [2.75, 3.05) is 49.3 Å². The van der Waals surface area contributed by atoms with Crippen LogP contribution >= 0.6 is 31.7 Å². The van der Waals surface area contributed by atoms with Gasteiger partial charge in [-0.1, -0.05) is 243 Å². The zero-order valence-electron chi connectivity index (χ0n) is 43.1. The van der Waals surface area contributed by atoms with Crippen molar-refractivity contribution in [1.82, 2.24) is 0 Å². The molecule has 0 unspecified atom stereocenters. The summed E-state index contributed by atoms with van der Waals surface area (Å²) >= 11 is 0. The molecule has 0 fully saturated rings. The predicted octanol–water partition coefficient (Wildman–Crippen LogP) is 22.0. The Morgan fingerprint density at radius 3 is 0.466 bits per heavy atom. The molecule has 4 heteroatoms. The van der Waals surface area contributed by atoms with Crippen LogP contribution in [0.1, 0.15) is 289 Å². The molecule has 0 bridgehead atoms. The fourth-order valence-electron chi connectivity index (χ4n) is 9.93. The van der Waals surface area contributed by atoms with Crippen LogP contribution in [0.5, 0.6) is 0 Å². The zero-order chi connectivity index (χ0) is 43.6. The Morgan fingerprint density at radius 2 is 0.328 bits per heavy atom. The maximum atomic E-state index is 2.59. The third-order valence-electron chi connectivity index (χ3n) is 13.9. The highest BCUT2D eigenvalue weighted by atomic mass is 31.2. The maximum Gasteiger partial charge on any atom is 0.0101 e. The Hall–Kier alpha value is 1.72. The van der Waals surface area contributed by atoms with Gasteiger partial charge in [0.05, 0.1) is 0 Å². The van der Waals surface area contributed by atoms with Crippen LogP contribution in [-0.4, -0.2) is 59.1 Å². The summed E-state index contributed by atoms with van der Waals surface area (Å²) in [6.45, 7) is 29.2. The molecular formula is C54H116P4. The zero-order valence-corrected chi connectivity index (χ0v) is 46.7. The molecule has 0 spiro atoms. The number of hydrogen-bond acceptors (Lipinski definition) is 0. The van der Waals surface area contributed by atoms with Gasteiger partial charge < -0.3 is 0 Å². The van der Waals surface area contributed by atoms with Gasteiger partial charge in [-0.3, -0.25) is 0 Å². The van der Waals surface area contributed by atoms with Crippen molar-refractivity contribution in [2.24, 2.45) is 0 Å². The van der Waals surface area contributed by atoms with Gasteiger partial charge in [0.25, 0.3) is 0 Å². The minimum Gasteiger partial charge on any atom is -0.0959 e. The minimum atomic E-state index is 0.199. The highest BCUT2D eigenvalue weighted by Gasteiger charge is 2.42. The molecule has 0 nitrogen and oxygen atoms in total. The third-order valence-corrected chi connectivity index (χ3v) is 31.4. The van der Waals surface area contributed by atoms with Gasteiger partial charge in [-0.05, 0) is 126 Å². The van der Waals surface area contributed by atoms with E-state index in [1.165, 1.54) is 205 Å². The Labute approximate surface area is 377 Å². The van der Waals surface area contributed by atoms with Crippen LogP contribution < -0.4 is 0 Å². The van der Waals surface area contributed by atoms with E-state index in [9.17, 15) is 0 Å². The molecule has 0 atom stereocenters. The average Bonchev–Trinajstić information content (AvgIpc) is 3.24. The predicted molar refractivity (Wildman–Crippen MR) is 288 cm³/mol. The van der Waals surface area contributed by atoms with Crippen LogP contribution in [0.3, 0.4) is 0 Å². The van der Waals surface area contributed by atoms with E-state index in [2.05, 4.69) is 83.1 Å². The Kier molecular flexibility index (Phi) is 48.3. The van der Waals surface area contributed by atoms with E-state index in [-0.39, 0.29) is 31.7 Å². The molecule has 0 saturated carbocycles. The first-order valence-corrected chi connectivity index (χ1v) is 34.2. The van der Waals surface area contributed by atoms with E-state index in [0.717, 1.165) is 9.79 Å². The van der Waals surface area contributed by atoms with Crippen molar-refractivity contribution >= 4 is 31.7 Å². The minimum absolute atomic E-state index is 0.199. The van der Waals surface area contributed by atoms with Crippen molar-refractivity contribution < 1.29 is 0 Å². The van der Waals surface area contributed by atoms with Crippen molar-refractivity contribution in [3.8, 4) is 0 Å². The molecule has 352 valence electrons.